The second-order valence-corrected chi connectivity index (χ2v) is 6.40. The summed E-state index contributed by atoms with van der Waals surface area (Å²) in [6.45, 7) is 1.45. The summed E-state index contributed by atoms with van der Waals surface area (Å²) in [7, 11) is -3.76. The third kappa shape index (κ3) is 3.44. The van der Waals surface area contributed by atoms with E-state index in [9.17, 15) is 13.2 Å². The smallest absolute Gasteiger partial charge is 0.371 e. The van der Waals surface area contributed by atoms with Crippen molar-refractivity contribution in [2.24, 2.45) is 0 Å². The monoisotopic (exact) mass is 329 g/mol. The van der Waals surface area contributed by atoms with Crippen LogP contribution in [0.3, 0.4) is 0 Å². The zero-order valence-corrected chi connectivity index (χ0v) is 12.5. The van der Waals surface area contributed by atoms with Crippen LogP contribution in [-0.4, -0.2) is 19.5 Å². The molecule has 1 aromatic heterocycles. The lowest BCUT2D eigenvalue weighted by Gasteiger charge is -2.09. The Hall–Kier alpha value is -1.83. The van der Waals surface area contributed by atoms with Crippen LogP contribution in [-0.2, 0) is 16.6 Å². The molecule has 0 aliphatic rings. The first-order valence-electron chi connectivity index (χ1n) is 5.88. The largest absolute Gasteiger partial charge is 0.475 e. The number of benzene rings is 1. The first-order valence-corrected chi connectivity index (χ1v) is 7.74. The minimum atomic E-state index is -3.76. The first kappa shape index (κ1) is 15.6. The maximum Gasteiger partial charge on any atom is 0.371 e. The number of halogens is 1. The Kier molecular flexibility index (Phi) is 4.36. The van der Waals surface area contributed by atoms with Crippen molar-refractivity contribution in [2.75, 3.05) is 0 Å². The third-order valence-electron chi connectivity index (χ3n) is 2.82. The van der Waals surface area contributed by atoms with Gasteiger partial charge in [0.1, 0.15) is 5.76 Å². The number of nitrogens with one attached hydrogen (secondary N) is 1. The highest BCUT2D eigenvalue weighted by atomic mass is 35.5. The summed E-state index contributed by atoms with van der Waals surface area (Å²) in [6, 6.07) is 7.24. The van der Waals surface area contributed by atoms with Crippen LogP contribution in [0.15, 0.2) is 39.6 Å². The molecule has 6 nitrogen and oxygen atoms in total. The van der Waals surface area contributed by atoms with Crippen LogP contribution in [0.1, 0.15) is 21.9 Å². The summed E-state index contributed by atoms with van der Waals surface area (Å²) >= 11 is 5.90. The summed E-state index contributed by atoms with van der Waals surface area (Å²) in [5, 5.41) is 9.08. The van der Waals surface area contributed by atoms with Gasteiger partial charge < -0.3 is 9.52 Å². The Balaban J connectivity index is 2.18. The molecule has 0 atom stereocenters. The minimum Gasteiger partial charge on any atom is -0.475 e. The first-order chi connectivity index (χ1) is 9.81. The van der Waals surface area contributed by atoms with E-state index in [-0.39, 0.29) is 23.0 Å². The highest BCUT2D eigenvalue weighted by Gasteiger charge is 2.19. The van der Waals surface area contributed by atoms with Crippen LogP contribution in [0.2, 0.25) is 5.02 Å². The van der Waals surface area contributed by atoms with Crippen molar-refractivity contribution < 1.29 is 22.7 Å². The summed E-state index contributed by atoms with van der Waals surface area (Å²) < 4.78 is 31.7. The molecule has 2 N–H and O–H groups in total. The van der Waals surface area contributed by atoms with E-state index in [2.05, 4.69) is 4.72 Å². The third-order valence-corrected chi connectivity index (χ3v) is 4.77. The normalized spacial score (nSPS) is 11.5. The molecule has 21 heavy (non-hydrogen) atoms. The molecule has 2 rings (SSSR count). The molecule has 0 aliphatic carbocycles. The van der Waals surface area contributed by atoms with Crippen LogP contribution < -0.4 is 4.72 Å². The maximum absolute atomic E-state index is 12.2. The van der Waals surface area contributed by atoms with E-state index in [1.807, 2.05) is 0 Å². The Morgan fingerprint density at radius 2 is 2.05 bits per heavy atom. The van der Waals surface area contributed by atoms with Gasteiger partial charge in [-0.25, -0.2) is 17.9 Å². The van der Waals surface area contributed by atoms with Crippen LogP contribution in [0.25, 0.3) is 0 Å². The van der Waals surface area contributed by atoms with Crippen LogP contribution in [0, 0.1) is 6.92 Å². The van der Waals surface area contributed by atoms with Gasteiger partial charge in [-0.1, -0.05) is 17.7 Å². The van der Waals surface area contributed by atoms with E-state index in [0.29, 0.717) is 10.6 Å². The van der Waals surface area contributed by atoms with Crippen LogP contribution in [0.5, 0.6) is 0 Å². The van der Waals surface area contributed by atoms with Gasteiger partial charge in [0, 0.05) is 5.02 Å². The van der Waals surface area contributed by atoms with Gasteiger partial charge >= 0.3 is 5.97 Å². The number of aromatic carboxylic acids is 1. The van der Waals surface area contributed by atoms with Gasteiger partial charge in [0.05, 0.1) is 11.4 Å². The molecular formula is C13H12ClNO5S. The number of carbonyl (C=O) groups is 1. The van der Waals surface area contributed by atoms with E-state index >= 15 is 0 Å². The molecule has 1 aromatic carbocycles. The molecule has 0 radical (unpaired) electrons. The van der Waals surface area contributed by atoms with Gasteiger partial charge in [-0.05, 0) is 36.8 Å². The molecule has 0 amide bonds. The number of hydrogen-bond acceptors (Lipinski definition) is 4. The van der Waals surface area contributed by atoms with Crippen molar-refractivity contribution in [1.29, 1.82) is 0 Å². The molecule has 8 heteroatoms. The molecule has 112 valence electrons. The maximum atomic E-state index is 12.2. The van der Waals surface area contributed by atoms with Gasteiger partial charge in [-0.2, -0.15) is 0 Å². The molecule has 0 fully saturated rings. The minimum absolute atomic E-state index is 0.0695. The molecule has 2 aromatic rings. The number of sulfonamides is 1. The Bertz CT molecular complexity index is 782. The van der Waals surface area contributed by atoms with Crippen molar-refractivity contribution in [2.45, 2.75) is 18.4 Å². The van der Waals surface area contributed by atoms with Gasteiger partial charge in [-0.3, -0.25) is 0 Å². The average Bonchev–Trinajstić information content (AvgIpc) is 2.88. The van der Waals surface area contributed by atoms with Gasteiger partial charge in [0.25, 0.3) is 0 Å². The van der Waals surface area contributed by atoms with Crippen molar-refractivity contribution >= 4 is 27.6 Å². The Labute approximate surface area is 126 Å². The van der Waals surface area contributed by atoms with E-state index in [4.69, 9.17) is 21.1 Å². The Morgan fingerprint density at radius 1 is 1.33 bits per heavy atom. The van der Waals surface area contributed by atoms with E-state index < -0.39 is 16.0 Å². The summed E-state index contributed by atoms with van der Waals surface area (Å²) in [6.07, 6.45) is 0. The number of furan rings is 1. The fourth-order valence-electron chi connectivity index (χ4n) is 1.71. The number of rotatable bonds is 5. The van der Waals surface area contributed by atoms with Crippen LogP contribution in [0.4, 0.5) is 0 Å². The lowest BCUT2D eigenvalue weighted by molar-refractivity contribution is 0.0660. The number of hydrogen-bond donors (Lipinski definition) is 2. The highest BCUT2D eigenvalue weighted by molar-refractivity contribution is 7.89. The molecule has 0 aliphatic heterocycles. The van der Waals surface area contributed by atoms with Crippen molar-refractivity contribution in [3.8, 4) is 0 Å². The highest BCUT2D eigenvalue weighted by Crippen LogP contribution is 2.22. The predicted octanol–water partition coefficient (Wildman–Crippen LogP) is 2.42. The fourth-order valence-corrected chi connectivity index (χ4v) is 3.20. The molecule has 0 saturated carbocycles. The van der Waals surface area contributed by atoms with Crippen molar-refractivity contribution in [3.63, 3.8) is 0 Å². The van der Waals surface area contributed by atoms with Gasteiger partial charge in [0.2, 0.25) is 15.8 Å². The van der Waals surface area contributed by atoms with Gasteiger partial charge in [-0.15, -0.1) is 0 Å². The van der Waals surface area contributed by atoms with Crippen molar-refractivity contribution in [1.82, 2.24) is 4.72 Å². The topological polar surface area (TPSA) is 96.6 Å². The lowest BCUT2D eigenvalue weighted by Crippen LogP contribution is -2.23. The summed E-state index contributed by atoms with van der Waals surface area (Å²) in [5.74, 6) is -1.26. The second kappa shape index (κ2) is 5.88. The number of carboxylic acids is 1. The Morgan fingerprint density at radius 3 is 2.67 bits per heavy atom. The fraction of sp³-hybridized carbons (Fsp3) is 0.154. The lowest BCUT2D eigenvalue weighted by atomic mass is 10.2. The van der Waals surface area contributed by atoms with Crippen LogP contribution >= 0.6 is 11.6 Å². The van der Waals surface area contributed by atoms with E-state index in [1.54, 1.807) is 19.1 Å². The predicted molar refractivity (Wildman–Crippen MR) is 75.9 cm³/mol. The molecule has 0 unspecified atom stereocenters. The molecule has 0 spiro atoms. The standard InChI is InChI=1S/C13H12ClNO5S/c1-8-10(14)3-2-4-12(8)21(18,19)15-7-9-5-6-11(20-9)13(16)17/h2-6,15H,7H2,1H3,(H,16,17). The molecule has 1 heterocycles. The van der Waals surface area contributed by atoms with Gasteiger partial charge in [0.15, 0.2) is 0 Å². The molecule has 0 saturated heterocycles. The SMILES string of the molecule is Cc1c(Cl)cccc1S(=O)(=O)NCc1ccc(C(=O)O)o1. The second-order valence-electron chi connectivity index (χ2n) is 4.26. The molecule has 0 bridgehead atoms. The molecular weight excluding hydrogens is 318 g/mol. The zero-order chi connectivity index (χ0) is 15.6. The van der Waals surface area contributed by atoms with E-state index in [0.717, 1.165) is 0 Å². The summed E-state index contributed by atoms with van der Waals surface area (Å²) in [4.78, 5) is 10.7. The quantitative estimate of drug-likeness (QED) is 0.878. The average molecular weight is 330 g/mol. The summed E-state index contributed by atoms with van der Waals surface area (Å²) in [5.41, 5.74) is 0.442. The van der Waals surface area contributed by atoms with Crippen molar-refractivity contribution in [3.05, 3.63) is 52.4 Å². The number of carboxylic acid groups (broad SMARTS) is 1. The van der Waals surface area contributed by atoms with E-state index in [1.165, 1.54) is 18.2 Å². The zero-order valence-electron chi connectivity index (χ0n) is 11.0.